The molecule has 1 amide bonds. The molecule has 0 fully saturated rings. The van der Waals surface area contributed by atoms with Crippen LogP contribution in [0.2, 0.25) is 0 Å². The second kappa shape index (κ2) is 3.57. The van der Waals surface area contributed by atoms with Crippen LogP contribution in [0.3, 0.4) is 0 Å². The van der Waals surface area contributed by atoms with Crippen LogP contribution in [0.1, 0.15) is 16.1 Å². The lowest BCUT2D eigenvalue weighted by atomic mass is 10.1. The van der Waals surface area contributed by atoms with Crippen LogP contribution in [-0.2, 0) is 0 Å². The minimum absolute atomic E-state index is 0.381. The fourth-order valence-corrected chi connectivity index (χ4v) is 1.35. The first-order valence-corrected chi connectivity index (χ1v) is 4.49. The van der Waals surface area contributed by atoms with Crippen LogP contribution in [0, 0.1) is 6.92 Å². The predicted molar refractivity (Wildman–Crippen MR) is 55.2 cm³/mol. The van der Waals surface area contributed by atoms with E-state index >= 15 is 0 Å². The molecule has 0 atom stereocenters. The number of nitrogens with zero attached hydrogens (tertiary/aromatic N) is 1. The Morgan fingerprint density at radius 3 is 2.93 bits per heavy atom. The number of aromatic nitrogens is 1. The lowest BCUT2D eigenvalue weighted by Gasteiger charge is -2.03. The highest BCUT2D eigenvalue weighted by Crippen LogP contribution is 2.23. The molecule has 4 heteroatoms. The average molecular weight is 202 g/mol. The van der Waals surface area contributed by atoms with Crippen molar-refractivity contribution >= 4 is 5.91 Å². The molecule has 0 aliphatic carbocycles. The number of furan rings is 1. The van der Waals surface area contributed by atoms with Crippen molar-refractivity contribution in [2.24, 2.45) is 5.73 Å². The molecule has 0 spiro atoms. The van der Waals surface area contributed by atoms with Gasteiger partial charge in [0.1, 0.15) is 5.76 Å². The van der Waals surface area contributed by atoms with Crippen LogP contribution in [0.5, 0.6) is 0 Å². The van der Waals surface area contributed by atoms with Gasteiger partial charge < -0.3 is 10.2 Å². The summed E-state index contributed by atoms with van der Waals surface area (Å²) < 4.78 is 5.24. The minimum atomic E-state index is -0.490. The van der Waals surface area contributed by atoms with E-state index in [4.69, 9.17) is 10.2 Å². The maximum atomic E-state index is 11.0. The van der Waals surface area contributed by atoms with E-state index in [-0.39, 0.29) is 0 Å². The maximum absolute atomic E-state index is 11.0. The number of aryl methyl sites for hydroxylation is 1. The van der Waals surface area contributed by atoms with E-state index in [9.17, 15) is 4.79 Å². The first kappa shape index (κ1) is 9.45. The molecular formula is C11H10N2O2. The summed E-state index contributed by atoms with van der Waals surface area (Å²) in [5.41, 5.74) is 7.15. The molecule has 2 N–H and O–H groups in total. The monoisotopic (exact) mass is 202 g/mol. The standard InChI is InChI=1S/C11H10N2O2/c1-7-9(10-3-2-4-15-10)5-8(6-13-7)11(12)14/h2-6H,1H3,(H2,12,14). The van der Waals surface area contributed by atoms with Crippen LogP contribution in [0.25, 0.3) is 11.3 Å². The lowest BCUT2D eigenvalue weighted by Crippen LogP contribution is -2.11. The fraction of sp³-hybridized carbons (Fsp3) is 0.0909. The molecule has 15 heavy (non-hydrogen) atoms. The third-order valence-electron chi connectivity index (χ3n) is 2.16. The van der Waals surface area contributed by atoms with Gasteiger partial charge in [0.05, 0.1) is 11.8 Å². The number of carbonyl (C=O) groups excluding carboxylic acids is 1. The topological polar surface area (TPSA) is 69.1 Å². The van der Waals surface area contributed by atoms with E-state index in [0.29, 0.717) is 11.3 Å². The van der Waals surface area contributed by atoms with Crippen LogP contribution in [-0.4, -0.2) is 10.9 Å². The zero-order chi connectivity index (χ0) is 10.8. The van der Waals surface area contributed by atoms with Crippen molar-refractivity contribution in [1.29, 1.82) is 0 Å². The number of primary amides is 1. The Kier molecular flexibility index (Phi) is 2.25. The molecule has 0 aliphatic rings. The minimum Gasteiger partial charge on any atom is -0.464 e. The van der Waals surface area contributed by atoms with Crippen LogP contribution in [0.15, 0.2) is 35.1 Å². The molecule has 0 aromatic carbocycles. The molecule has 0 radical (unpaired) electrons. The summed E-state index contributed by atoms with van der Waals surface area (Å²) in [6, 6.07) is 5.28. The van der Waals surface area contributed by atoms with E-state index in [0.717, 1.165) is 11.3 Å². The number of pyridine rings is 1. The summed E-state index contributed by atoms with van der Waals surface area (Å²) in [6.07, 6.45) is 3.04. The zero-order valence-electron chi connectivity index (χ0n) is 8.23. The number of nitrogens with two attached hydrogens (primary N) is 1. The normalized spacial score (nSPS) is 10.2. The predicted octanol–water partition coefficient (Wildman–Crippen LogP) is 1.75. The van der Waals surface area contributed by atoms with Crippen LogP contribution >= 0.6 is 0 Å². The SMILES string of the molecule is Cc1ncc(C(N)=O)cc1-c1ccco1. The first-order chi connectivity index (χ1) is 7.18. The van der Waals surface area contributed by atoms with Crippen LogP contribution < -0.4 is 5.73 Å². The van der Waals surface area contributed by atoms with Gasteiger partial charge in [0.2, 0.25) is 5.91 Å². The average Bonchev–Trinajstić information content (AvgIpc) is 2.71. The number of hydrogen-bond donors (Lipinski definition) is 1. The molecule has 2 aromatic heterocycles. The van der Waals surface area contributed by atoms with Gasteiger partial charge in [-0.25, -0.2) is 0 Å². The summed E-state index contributed by atoms with van der Waals surface area (Å²) in [4.78, 5) is 15.1. The van der Waals surface area contributed by atoms with Crippen molar-refractivity contribution in [3.8, 4) is 11.3 Å². The Bertz CT molecular complexity index is 489. The van der Waals surface area contributed by atoms with Gasteiger partial charge >= 0.3 is 0 Å². The van der Waals surface area contributed by atoms with E-state index in [2.05, 4.69) is 4.98 Å². The van der Waals surface area contributed by atoms with E-state index < -0.39 is 5.91 Å². The maximum Gasteiger partial charge on any atom is 0.250 e. The van der Waals surface area contributed by atoms with Gasteiger partial charge in [-0.15, -0.1) is 0 Å². The molecule has 0 saturated carbocycles. The molecule has 2 rings (SSSR count). The zero-order valence-corrected chi connectivity index (χ0v) is 8.23. The summed E-state index contributed by atoms with van der Waals surface area (Å²) in [7, 11) is 0. The summed E-state index contributed by atoms with van der Waals surface area (Å²) in [6.45, 7) is 1.85. The van der Waals surface area contributed by atoms with Crippen molar-refractivity contribution in [3.63, 3.8) is 0 Å². The molecule has 2 aromatic rings. The molecule has 4 nitrogen and oxygen atoms in total. The lowest BCUT2D eigenvalue weighted by molar-refractivity contribution is 0.1000. The van der Waals surface area contributed by atoms with Gasteiger partial charge in [-0.1, -0.05) is 0 Å². The highest BCUT2D eigenvalue weighted by atomic mass is 16.3. The fourth-order valence-electron chi connectivity index (χ4n) is 1.35. The van der Waals surface area contributed by atoms with E-state index in [1.165, 1.54) is 6.20 Å². The van der Waals surface area contributed by atoms with Gasteiger partial charge in [0.25, 0.3) is 0 Å². The second-order valence-electron chi connectivity index (χ2n) is 3.20. The number of carbonyl (C=O) groups is 1. The molecule has 0 unspecified atom stereocenters. The molecule has 0 aliphatic heterocycles. The van der Waals surface area contributed by atoms with Gasteiger partial charge in [-0.2, -0.15) is 0 Å². The number of hydrogen-bond acceptors (Lipinski definition) is 3. The van der Waals surface area contributed by atoms with Gasteiger partial charge in [-0.3, -0.25) is 9.78 Å². The van der Waals surface area contributed by atoms with Gasteiger partial charge in [0, 0.05) is 17.5 Å². The third-order valence-corrected chi connectivity index (χ3v) is 2.16. The summed E-state index contributed by atoms with van der Waals surface area (Å²) in [5.74, 6) is 0.193. The Balaban J connectivity index is 2.55. The summed E-state index contributed by atoms with van der Waals surface area (Å²) >= 11 is 0. The summed E-state index contributed by atoms with van der Waals surface area (Å²) in [5, 5.41) is 0. The van der Waals surface area contributed by atoms with Crippen molar-refractivity contribution in [1.82, 2.24) is 4.98 Å². The van der Waals surface area contributed by atoms with Crippen molar-refractivity contribution in [2.75, 3.05) is 0 Å². The van der Waals surface area contributed by atoms with Crippen molar-refractivity contribution in [2.45, 2.75) is 6.92 Å². The Morgan fingerprint density at radius 1 is 1.53 bits per heavy atom. The Morgan fingerprint density at radius 2 is 2.33 bits per heavy atom. The van der Waals surface area contributed by atoms with E-state index in [1.807, 2.05) is 13.0 Å². The molecule has 2 heterocycles. The van der Waals surface area contributed by atoms with Gasteiger partial charge in [-0.05, 0) is 25.1 Å². The van der Waals surface area contributed by atoms with Crippen molar-refractivity contribution in [3.05, 3.63) is 41.9 Å². The molecule has 0 saturated heterocycles. The van der Waals surface area contributed by atoms with Crippen LogP contribution in [0.4, 0.5) is 0 Å². The first-order valence-electron chi connectivity index (χ1n) is 4.49. The third kappa shape index (κ3) is 1.74. The van der Waals surface area contributed by atoms with E-state index in [1.54, 1.807) is 18.4 Å². The molecule has 76 valence electrons. The highest BCUT2D eigenvalue weighted by Gasteiger charge is 2.09. The smallest absolute Gasteiger partial charge is 0.250 e. The number of rotatable bonds is 2. The Hall–Kier alpha value is -2.10. The Labute approximate surface area is 86.7 Å². The molecule has 0 bridgehead atoms. The highest BCUT2D eigenvalue weighted by molar-refractivity contribution is 5.93. The van der Waals surface area contributed by atoms with Gasteiger partial charge in [0.15, 0.2) is 0 Å². The number of amides is 1. The van der Waals surface area contributed by atoms with Crippen molar-refractivity contribution < 1.29 is 9.21 Å². The quantitative estimate of drug-likeness (QED) is 0.806. The largest absolute Gasteiger partial charge is 0.464 e. The second-order valence-corrected chi connectivity index (χ2v) is 3.20. The molecular weight excluding hydrogens is 192 g/mol.